The maximum absolute atomic E-state index is 4.63. The monoisotopic (exact) mass is 350 g/mol. The van der Waals surface area contributed by atoms with Gasteiger partial charge in [0.1, 0.15) is 18.0 Å². The summed E-state index contributed by atoms with van der Waals surface area (Å²) >= 11 is 0. The van der Waals surface area contributed by atoms with Crippen molar-refractivity contribution in [3.05, 3.63) is 30.2 Å². The third kappa shape index (κ3) is 2.24. The first-order valence-corrected chi connectivity index (χ1v) is 9.15. The van der Waals surface area contributed by atoms with Gasteiger partial charge in [0.15, 0.2) is 17.0 Å². The average Bonchev–Trinajstić information content (AvgIpc) is 3.05. The van der Waals surface area contributed by atoms with Gasteiger partial charge in [-0.05, 0) is 27.2 Å². The SMILES string of the molecule is CCn1cnc2c(N3C4CC3CN(c3cc(C)nc(C)n3)C4)ncnc21. The molecule has 2 bridgehead atoms. The summed E-state index contributed by atoms with van der Waals surface area (Å²) in [5.41, 5.74) is 2.85. The third-order valence-electron chi connectivity index (χ3n) is 5.44. The molecule has 26 heavy (non-hydrogen) atoms. The van der Waals surface area contributed by atoms with Crippen LogP contribution >= 0.6 is 0 Å². The maximum Gasteiger partial charge on any atom is 0.165 e. The molecule has 6 rings (SSSR count). The molecule has 2 unspecified atom stereocenters. The summed E-state index contributed by atoms with van der Waals surface area (Å²) in [5, 5.41) is 0. The van der Waals surface area contributed by atoms with Crippen molar-refractivity contribution in [1.82, 2.24) is 29.5 Å². The van der Waals surface area contributed by atoms with E-state index < -0.39 is 0 Å². The summed E-state index contributed by atoms with van der Waals surface area (Å²) in [5.74, 6) is 2.84. The van der Waals surface area contributed by atoms with Crippen molar-refractivity contribution < 1.29 is 0 Å². The largest absolute Gasteiger partial charge is 0.352 e. The van der Waals surface area contributed by atoms with Crippen LogP contribution in [-0.2, 0) is 6.54 Å². The normalized spacial score (nSPS) is 22.0. The molecule has 0 spiro atoms. The molecular formula is C18H22N8. The van der Waals surface area contributed by atoms with Crippen LogP contribution in [-0.4, -0.2) is 54.7 Å². The van der Waals surface area contributed by atoms with Crippen molar-refractivity contribution in [3.8, 4) is 0 Å². The quantitative estimate of drug-likeness (QED) is 0.712. The van der Waals surface area contributed by atoms with Gasteiger partial charge >= 0.3 is 0 Å². The minimum Gasteiger partial charge on any atom is -0.352 e. The van der Waals surface area contributed by atoms with Crippen LogP contribution in [0.4, 0.5) is 11.6 Å². The Morgan fingerprint density at radius 3 is 2.62 bits per heavy atom. The molecule has 0 amide bonds. The zero-order chi connectivity index (χ0) is 17.8. The molecule has 2 atom stereocenters. The highest BCUT2D eigenvalue weighted by molar-refractivity contribution is 5.84. The second-order valence-electron chi connectivity index (χ2n) is 7.17. The number of hydrogen-bond acceptors (Lipinski definition) is 7. The molecule has 3 fully saturated rings. The van der Waals surface area contributed by atoms with Crippen molar-refractivity contribution in [2.75, 3.05) is 22.9 Å². The molecule has 0 aromatic carbocycles. The van der Waals surface area contributed by atoms with E-state index in [0.717, 1.165) is 54.0 Å². The van der Waals surface area contributed by atoms with Gasteiger partial charge in [-0.3, -0.25) is 0 Å². The first-order chi connectivity index (χ1) is 12.6. The highest BCUT2D eigenvalue weighted by Crippen LogP contribution is 2.39. The van der Waals surface area contributed by atoms with Gasteiger partial charge in [-0.15, -0.1) is 0 Å². The molecule has 3 aliphatic heterocycles. The molecular weight excluding hydrogens is 328 g/mol. The lowest BCUT2D eigenvalue weighted by molar-refractivity contribution is 0.288. The second kappa shape index (κ2) is 5.62. The van der Waals surface area contributed by atoms with E-state index in [1.807, 2.05) is 20.2 Å². The zero-order valence-corrected chi connectivity index (χ0v) is 15.3. The molecule has 0 N–H and O–H groups in total. The number of aryl methyl sites for hydroxylation is 3. The first kappa shape index (κ1) is 15.5. The Kier molecular flexibility index (Phi) is 3.35. The molecule has 8 nitrogen and oxygen atoms in total. The molecule has 0 radical (unpaired) electrons. The van der Waals surface area contributed by atoms with Crippen LogP contribution in [0.15, 0.2) is 18.7 Å². The summed E-state index contributed by atoms with van der Waals surface area (Å²) in [6, 6.07) is 2.96. The lowest BCUT2D eigenvalue weighted by atomic mass is 9.87. The summed E-state index contributed by atoms with van der Waals surface area (Å²) in [6.07, 6.45) is 4.71. The van der Waals surface area contributed by atoms with Crippen LogP contribution < -0.4 is 9.80 Å². The average molecular weight is 350 g/mol. The van der Waals surface area contributed by atoms with E-state index in [1.54, 1.807) is 6.33 Å². The fourth-order valence-electron chi connectivity index (χ4n) is 4.29. The third-order valence-corrected chi connectivity index (χ3v) is 5.44. The standard InChI is InChI=1S/C18H22N8/c1-4-24-10-21-16-17(24)19-9-20-18(16)26-13-6-14(26)8-25(7-13)15-5-11(2)22-12(3)23-15/h5,9-10,13-14H,4,6-8H2,1-3H3. The zero-order valence-electron chi connectivity index (χ0n) is 15.3. The fourth-order valence-corrected chi connectivity index (χ4v) is 4.29. The van der Waals surface area contributed by atoms with Gasteiger partial charge in [0, 0.05) is 31.4 Å². The Bertz CT molecular complexity index is 948. The number of imidazole rings is 1. The number of anilines is 2. The van der Waals surface area contributed by atoms with Gasteiger partial charge in [0.2, 0.25) is 0 Å². The van der Waals surface area contributed by atoms with Gasteiger partial charge in [-0.1, -0.05) is 0 Å². The first-order valence-electron chi connectivity index (χ1n) is 9.15. The van der Waals surface area contributed by atoms with E-state index in [4.69, 9.17) is 0 Å². The molecule has 134 valence electrons. The van der Waals surface area contributed by atoms with Crippen LogP contribution in [0.1, 0.15) is 24.9 Å². The molecule has 0 saturated carbocycles. The number of rotatable bonds is 3. The van der Waals surface area contributed by atoms with Crippen LogP contribution in [0, 0.1) is 13.8 Å². The minimum absolute atomic E-state index is 0.439. The maximum atomic E-state index is 4.63. The van der Waals surface area contributed by atoms with E-state index in [2.05, 4.69) is 52.3 Å². The van der Waals surface area contributed by atoms with E-state index in [0.29, 0.717) is 12.1 Å². The fraction of sp³-hybridized carbons (Fsp3) is 0.500. The van der Waals surface area contributed by atoms with Crippen molar-refractivity contribution in [2.45, 2.75) is 45.8 Å². The van der Waals surface area contributed by atoms with Crippen molar-refractivity contribution in [2.24, 2.45) is 0 Å². The predicted octanol–water partition coefficient (Wildman–Crippen LogP) is 1.72. The number of piperidine rings is 1. The van der Waals surface area contributed by atoms with Gasteiger partial charge in [0.05, 0.1) is 18.4 Å². The number of piperazine rings is 1. The van der Waals surface area contributed by atoms with E-state index in [1.165, 1.54) is 6.42 Å². The van der Waals surface area contributed by atoms with Crippen LogP contribution in [0.25, 0.3) is 11.2 Å². The minimum atomic E-state index is 0.439. The molecule has 6 heterocycles. The Labute approximate surface area is 151 Å². The number of hydrogen-bond donors (Lipinski definition) is 0. The van der Waals surface area contributed by atoms with Crippen LogP contribution in [0.5, 0.6) is 0 Å². The van der Waals surface area contributed by atoms with Gasteiger partial charge < -0.3 is 14.4 Å². The smallest absolute Gasteiger partial charge is 0.165 e. The molecule has 3 aromatic heterocycles. The lowest BCUT2D eigenvalue weighted by Crippen LogP contribution is -2.69. The highest BCUT2D eigenvalue weighted by atomic mass is 15.4. The van der Waals surface area contributed by atoms with Crippen molar-refractivity contribution in [1.29, 1.82) is 0 Å². The van der Waals surface area contributed by atoms with Crippen molar-refractivity contribution >= 4 is 22.8 Å². The molecule has 3 aromatic rings. The van der Waals surface area contributed by atoms with Crippen molar-refractivity contribution in [3.63, 3.8) is 0 Å². The van der Waals surface area contributed by atoms with Gasteiger partial charge in [-0.2, -0.15) is 0 Å². The van der Waals surface area contributed by atoms with Crippen LogP contribution in [0.2, 0.25) is 0 Å². The topological polar surface area (TPSA) is 75.9 Å². The van der Waals surface area contributed by atoms with Gasteiger partial charge in [-0.25, -0.2) is 24.9 Å². The summed E-state index contributed by atoms with van der Waals surface area (Å²) < 4.78 is 2.06. The Morgan fingerprint density at radius 2 is 1.88 bits per heavy atom. The molecule has 3 aliphatic rings. The van der Waals surface area contributed by atoms with Gasteiger partial charge in [0.25, 0.3) is 0 Å². The van der Waals surface area contributed by atoms with E-state index in [9.17, 15) is 0 Å². The Hall–Kier alpha value is -2.77. The number of aromatic nitrogens is 6. The molecule has 3 saturated heterocycles. The predicted molar refractivity (Wildman–Crippen MR) is 99.4 cm³/mol. The van der Waals surface area contributed by atoms with E-state index >= 15 is 0 Å². The lowest BCUT2D eigenvalue weighted by Gasteiger charge is -2.57. The molecule has 0 aliphatic carbocycles. The summed E-state index contributed by atoms with van der Waals surface area (Å²) in [4.78, 5) is 27.4. The Morgan fingerprint density at radius 1 is 1.08 bits per heavy atom. The van der Waals surface area contributed by atoms with E-state index in [-0.39, 0.29) is 0 Å². The second-order valence-corrected chi connectivity index (χ2v) is 7.17. The number of fused-ring (bicyclic) bond motifs is 3. The summed E-state index contributed by atoms with van der Waals surface area (Å²) in [7, 11) is 0. The Balaban J connectivity index is 1.44. The van der Waals surface area contributed by atoms with Crippen LogP contribution in [0.3, 0.4) is 0 Å². The summed E-state index contributed by atoms with van der Waals surface area (Å²) in [6.45, 7) is 8.84. The number of nitrogens with zero attached hydrogens (tertiary/aromatic N) is 8. The molecule has 8 heteroatoms. The highest BCUT2D eigenvalue weighted by Gasteiger charge is 2.46.